The Kier molecular flexibility index (Phi) is 11.4. The summed E-state index contributed by atoms with van der Waals surface area (Å²) in [5.74, 6) is 0.108. The number of amides is 2. The summed E-state index contributed by atoms with van der Waals surface area (Å²) in [4.78, 5) is 41.1. The number of hydrogen-bond acceptors (Lipinski definition) is 10. The first kappa shape index (κ1) is 31.2. The molecule has 1 saturated heterocycles. The largest absolute Gasteiger partial charge is 0.393 e. The van der Waals surface area contributed by atoms with E-state index < -0.39 is 22.8 Å². The first-order valence-electron chi connectivity index (χ1n) is 13.9. The molecule has 2 heterocycles. The minimum atomic E-state index is -1.18. The summed E-state index contributed by atoms with van der Waals surface area (Å²) in [5.41, 5.74) is 0.599. The van der Waals surface area contributed by atoms with Gasteiger partial charge in [-0.2, -0.15) is 0 Å². The summed E-state index contributed by atoms with van der Waals surface area (Å²) >= 11 is 1.39. The number of aliphatic hydroxyl groups excluding tert-OH is 1. The molecule has 1 aliphatic heterocycles. The molecule has 2 amide bonds. The minimum Gasteiger partial charge on any atom is -0.393 e. The Morgan fingerprint density at radius 2 is 2.02 bits per heavy atom. The van der Waals surface area contributed by atoms with Gasteiger partial charge in [0.2, 0.25) is 5.91 Å². The van der Waals surface area contributed by atoms with Gasteiger partial charge < -0.3 is 19.6 Å². The Morgan fingerprint density at radius 3 is 2.68 bits per heavy atom. The van der Waals surface area contributed by atoms with Gasteiger partial charge in [0.05, 0.1) is 16.9 Å². The van der Waals surface area contributed by atoms with Crippen molar-refractivity contribution < 1.29 is 28.5 Å². The van der Waals surface area contributed by atoms with Crippen LogP contribution in [0.15, 0.2) is 40.5 Å². The Labute approximate surface area is 247 Å². The highest BCUT2D eigenvalue weighted by atomic mass is 32.2. The van der Waals surface area contributed by atoms with E-state index in [1.165, 1.54) is 11.3 Å². The number of oxime groups is 1. The van der Waals surface area contributed by atoms with E-state index in [-0.39, 0.29) is 23.8 Å². The third-order valence-corrected chi connectivity index (χ3v) is 9.56. The number of nitrogens with one attached hydrogen (secondary N) is 1. The smallest absolute Gasteiger partial charge is 0.280 e. The van der Waals surface area contributed by atoms with Crippen molar-refractivity contribution >= 4 is 44.8 Å². The average Bonchev–Trinajstić information content (AvgIpc) is 3.57. The molecule has 13 heteroatoms. The number of methoxy groups -OCH3 is 1. The van der Waals surface area contributed by atoms with Gasteiger partial charge in [0.15, 0.2) is 10.8 Å². The van der Waals surface area contributed by atoms with Crippen LogP contribution >= 0.6 is 11.3 Å². The van der Waals surface area contributed by atoms with Gasteiger partial charge in [-0.15, -0.1) is 11.3 Å². The van der Waals surface area contributed by atoms with E-state index in [0.29, 0.717) is 66.7 Å². The monoisotopic (exact) mass is 605 g/mol. The summed E-state index contributed by atoms with van der Waals surface area (Å²) in [6, 6.07) is 7.03. The number of rotatable bonds is 12. The molecule has 1 unspecified atom stereocenters. The van der Waals surface area contributed by atoms with Gasteiger partial charge >= 0.3 is 0 Å². The molecule has 2 aliphatic rings. The molecule has 0 spiro atoms. The number of benzene rings is 1. The molecule has 4 rings (SSSR count). The molecule has 2 N–H and O–H groups in total. The van der Waals surface area contributed by atoms with E-state index in [1.54, 1.807) is 44.5 Å². The first-order valence-corrected chi connectivity index (χ1v) is 16.0. The Balaban J connectivity index is 1.42. The van der Waals surface area contributed by atoms with Crippen LogP contribution in [-0.2, 0) is 36.5 Å². The van der Waals surface area contributed by atoms with E-state index in [1.807, 2.05) is 11.8 Å². The third kappa shape index (κ3) is 8.89. The topological polar surface area (TPSA) is 134 Å². The molecule has 0 radical (unpaired) electrons. The number of ether oxygens (including phenoxy) is 1. The van der Waals surface area contributed by atoms with Gasteiger partial charge in [-0.25, -0.2) is 4.98 Å². The quantitative estimate of drug-likeness (QED) is 0.214. The molecule has 4 atom stereocenters. The lowest BCUT2D eigenvalue weighted by Gasteiger charge is -2.39. The molecule has 224 valence electrons. The van der Waals surface area contributed by atoms with Crippen LogP contribution in [0.5, 0.6) is 0 Å². The van der Waals surface area contributed by atoms with Crippen LogP contribution in [0.4, 0.5) is 5.13 Å². The minimum absolute atomic E-state index is 0.0778. The molecule has 1 aromatic carbocycles. The summed E-state index contributed by atoms with van der Waals surface area (Å²) < 4.78 is 17.6. The number of carbonyl (C=O) groups excluding carboxylic acids is 2. The summed E-state index contributed by atoms with van der Waals surface area (Å²) in [7, 11) is 0.438. The second-order valence-electron chi connectivity index (χ2n) is 10.4. The maximum atomic E-state index is 13.4. The summed E-state index contributed by atoms with van der Waals surface area (Å²) in [5, 5.41) is 17.3. The van der Waals surface area contributed by atoms with Crippen LogP contribution in [0.2, 0.25) is 0 Å². The fraction of sp³-hybridized carbons (Fsp3) is 0.571. The van der Waals surface area contributed by atoms with Crippen molar-refractivity contribution in [2.24, 2.45) is 5.16 Å². The Morgan fingerprint density at radius 1 is 1.24 bits per heavy atom. The molecule has 1 saturated carbocycles. The van der Waals surface area contributed by atoms with Crippen molar-refractivity contribution in [3.63, 3.8) is 0 Å². The highest BCUT2D eigenvalue weighted by Crippen LogP contribution is 2.24. The zero-order valence-corrected chi connectivity index (χ0v) is 25.4. The Bertz CT molecular complexity index is 1240. The van der Waals surface area contributed by atoms with Gasteiger partial charge in [-0.05, 0) is 38.3 Å². The van der Waals surface area contributed by atoms with E-state index in [4.69, 9.17) is 9.57 Å². The third-order valence-electron chi connectivity index (χ3n) is 7.20. The van der Waals surface area contributed by atoms with Gasteiger partial charge in [0, 0.05) is 86.6 Å². The van der Waals surface area contributed by atoms with Crippen LogP contribution in [0, 0.1) is 0 Å². The molecule has 2 aromatic rings. The number of aliphatic hydroxyl groups is 1. The van der Waals surface area contributed by atoms with Crippen LogP contribution in [-0.4, -0.2) is 99.0 Å². The van der Waals surface area contributed by atoms with Crippen molar-refractivity contribution in [1.29, 1.82) is 0 Å². The molecule has 1 aliphatic carbocycles. The van der Waals surface area contributed by atoms with E-state index in [9.17, 15) is 18.9 Å². The average molecular weight is 606 g/mol. The normalized spacial score (nSPS) is 22.5. The lowest BCUT2D eigenvalue weighted by atomic mass is 10.1. The first-order chi connectivity index (χ1) is 19.7. The maximum Gasteiger partial charge on any atom is 0.280 e. The second kappa shape index (κ2) is 15.0. The standard InChI is InChI=1S/C28H39N5O6S2/c1-19-17-32(11-12-33(19)20(2)34)18-24-16-29-28(40-24)30-27(36)26(31-39-23-8-7-22(35)15-23)21-5-9-25(10-6-21)41(37)14-4-13-38-3/h5-6,9-10,16,19,22-23,35H,4,7-8,11-15,17-18H2,1-3H3,(H,29,30,36)/b31-26+/t19-,22+,23+,41?/m0/s1. The fourth-order valence-corrected chi connectivity index (χ4v) is 6.95. The summed E-state index contributed by atoms with van der Waals surface area (Å²) in [6.07, 6.45) is 3.50. The number of piperazine rings is 1. The highest BCUT2D eigenvalue weighted by molar-refractivity contribution is 7.85. The van der Waals surface area contributed by atoms with Gasteiger partial charge in [0.1, 0.15) is 6.10 Å². The number of nitrogens with zero attached hydrogens (tertiary/aromatic N) is 4. The molecule has 11 nitrogen and oxygen atoms in total. The molecular weight excluding hydrogens is 566 g/mol. The maximum absolute atomic E-state index is 13.4. The van der Waals surface area contributed by atoms with Crippen molar-refractivity contribution in [2.75, 3.05) is 44.4 Å². The number of aromatic nitrogens is 1. The molecule has 41 heavy (non-hydrogen) atoms. The molecule has 1 aromatic heterocycles. The van der Waals surface area contributed by atoms with Crippen molar-refractivity contribution in [1.82, 2.24) is 14.8 Å². The van der Waals surface area contributed by atoms with Gasteiger partial charge in [-0.3, -0.25) is 24.0 Å². The summed E-state index contributed by atoms with van der Waals surface area (Å²) in [6.45, 7) is 7.12. The van der Waals surface area contributed by atoms with Crippen molar-refractivity contribution in [3.8, 4) is 0 Å². The molecular formula is C28H39N5O6S2. The van der Waals surface area contributed by atoms with Gasteiger partial charge in [-0.1, -0.05) is 17.3 Å². The number of carbonyl (C=O) groups is 2. The number of thiazole rings is 1. The van der Waals surface area contributed by atoms with Crippen molar-refractivity contribution in [2.45, 2.75) is 69.2 Å². The van der Waals surface area contributed by atoms with Crippen LogP contribution < -0.4 is 5.32 Å². The highest BCUT2D eigenvalue weighted by Gasteiger charge is 2.27. The number of anilines is 1. The lowest BCUT2D eigenvalue weighted by Crippen LogP contribution is -2.52. The Hall–Kier alpha value is -2.71. The van der Waals surface area contributed by atoms with E-state index in [2.05, 4.69) is 20.4 Å². The molecule has 2 fully saturated rings. The van der Waals surface area contributed by atoms with E-state index >= 15 is 0 Å². The predicted octanol–water partition coefficient (Wildman–Crippen LogP) is 2.61. The van der Waals surface area contributed by atoms with Gasteiger partial charge in [0.25, 0.3) is 5.91 Å². The number of hydrogen-bond donors (Lipinski definition) is 2. The predicted molar refractivity (Wildman–Crippen MR) is 158 cm³/mol. The lowest BCUT2D eigenvalue weighted by molar-refractivity contribution is -0.133. The molecule has 0 bridgehead atoms. The van der Waals surface area contributed by atoms with Crippen molar-refractivity contribution in [3.05, 3.63) is 40.9 Å². The van der Waals surface area contributed by atoms with Crippen LogP contribution in [0.25, 0.3) is 0 Å². The second-order valence-corrected chi connectivity index (χ2v) is 13.1. The van der Waals surface area contributed by atoms with Crippen LogP contribution in [0.1, 0.15) is 50.0 Å². The van der Waals surface area contributed by atoms with Crippen LogP contribution in [0.3, 0.4) is 0 Å². The zero-order chi connectivity index (χ0) is 29.4. The fourth-order valence-electron chi connectivity index (χ4n) is 5.04. The SMILES string of the molecule is COCCCS(=O)c1ccc(/C(=N\O[C@@H]2CC[C@@H](O)C2)C(=O)Nc2ncc(CN3CCN(C(C)=O)[C@@H](C)C3)s2)cc1. The zero-order valence-electron chi connectivity index (χ0n) is 23.8. The van der Waals surface area contributed by atoms with E-state index in [0.717, 1.165) is 18.0 Å².